The first-order valence-corrected chi connectivity index (χ1v) is 7.90. The third kappa shape index (κ3) is 3.38. The molecule has 2 aliphatic rings. The number of amides is 1. The Morgan fingerprint density at radius 2 is 1.88 bits per heavy atom. The third-order valence-corrected chi connectivity index (χ3v) is 5.21. The molecule has 1 saturated carbocycles. The third-order valence-electron chi connectivity index (χ3n) is 3.84. The molecule has 1 unspecified atom stereocenters. The number of thioether (sulfide) groups is 1. The molecule has 1 heterocycles. The Labute approximate surface area is 108 Å². The van der Waals surface area contributed by atoms with Gasteiger partial charge in [-0.3, -0.25) is 4.79 Å². The van der Waals surface area contributed by atoms with Gasteiger partial charge < -0.3 is 10.0 Å². The summed E-state index contributed by atoms with van der Waals surface area (Å²) in [5.41, 5.74) is 0. The highest BCUT2D eigenvalue weighted by atomic mass is 32.2. The van der Waals surface area contributed by atoms with Crippen LogP contribution < -0.4 is 0 Å². The van der Waals surface area contributed by atoms with Gasteiger partial charge >= 0.3 is 0 Å². The van der Waals surface area contributed by atoms with Gasteiger partial charge in [0, 0.05) is 12.6 Å². The van der Waals surface area contributed by atoms with E-state index in [1.807, 2.05) is 16.7 Å². The number of nitrogens with zero attached hydrogens (tertiary/aromatic N) is 1. The van der Waals surface area contributed by atoms with Crippen molar-refractivity contribution in [1.29, 1.82) is 0 Å². The summed E-state index contributed by atoms with van der Waals surface area (Å²) in [6, 6.07) is 0.400. The summed E-state index contributed by atoms with van der Waals surface area (Å²) in [5.74, 6) is 1.41. The molecule has 1 atom stereocenters. The molecule has 0 aromatic carbocycles. The van der Waals surface area contributed by atoms with Gasteiger partial charge in [0.15, 0.2) is 0 Å². The summed E-state index contributed by atoms with van der Waals surface area (Å²) in [6.07, 6.45) is 8.18. The van der Waals surface area contributed by atoms with Crippen LogP contribution in [0.15, 0.2) is 0 Å². The lowest BCUT2D eigenvalue weighted by Crippen LogP contribution is -2.45. The fourth-order valence-corrected chi connectivity index (χ4v) is 4.18. The van der Waals surface area contributed by atoms with Crippen molar-refractivity contribution >= 4 is 17.7 Å². The van der Waals surface area contributed by atoms with Gasteiger partial charge in [-0.2, -0.15) is 0 Å². The zero-order chi connectivity index (χ0) is 12.1. The maximum Gasteiger partial charge on any atom is 0.236 e. The van der Waals surface area contributed by atoms with Crippen LogP contribution in [0.3, 0.4) is 0 Å². The van der Waals surface area contributed by atoms with Crippen LogP contribution in [0, 0.1) is 0 Å². The molecule has 2 rings (SSSR count). The predicted octanol–water partition coefficient (Wildman–Crippen LogP) is 2.04. The molecule has 17 heavy (non-hydrogen) atoms. The van der Waals surface area contributed by atoms with Crippen LogP contribution in [0.25, 0.3) is 0 Å². The second-order valence-electron chi connectivity index (χ2n) is 5.05. The molecule has 4 heteroatoms. The van der Waals surface area contributed by atoms with E-state index in [2.05, 4.69) is 0 Å². The molecule has 1 saturated heterocycles. The molecular weight excluding hydrogens is 234 g/mol. The maximum absolute atomic E-state index is 12.5. The van der Waals surface area contributed by atoms with E-state index >= 15 is 0 Å². The molecule has 1 amide bonds. The smallest absolute Gasteiger partial charge is 0.236 e. The monoisotopic (exact) mass is 257 g/mol. The van der Waals surface area contributed by atoms with E-state index in [0.29, 0.717) is 12.6 Å². The number of hydrogen-bond acceptors (Lipinski definition) is 3. The SMILES string of the molecule is O=C(C1CCCCS1)N(CCO)C1CCCC1. The molecule has 98 valence electrons. The average molecular weight is 257 g/mol. The first-order valence-electron chi connectivity index (χ1n) is 6.86. The number of carbonyl (C=O) groups is 1. The summed E-state index contributed by atoms with van der Waals surface area (Å²) < 4.78 is 0. The molecule has 0 aromatic heterocycles. The number of aliphatic hydroxyl groups excluding tert-OH is 1. The van der Waals surface area contributed by atoms with Gasteiger partial charge in [0.05, 0.1) is 11.9 Å². The molecule has 0 bridgehead atoms. The first kappa shape index (κ1) is 13.2. The maximum atomic E-state index is 12.5. The zero-order valence-corrected chi connectivity index (χ0v) is 11.3. The fourth-order valence-electron chi connectivity index (χ4n) is 2.92. The van der Waals surface area contributed by atoms with Gasteiger partial charge in [0.2, 0.25) is 5.91 Å². The number of hydrogen-bond donors (Lipinski definition) is 1. The van der Waals surface area contributed by atoms with E-state index in [9.17, 15) is 4.79 Å². The molecule has 2 fully saturated rings. The fraction of sp³-hybridized carbons (Fsp3) is 0.923. The lowest BCUT2D eigenvalue weighted by molar-refractivity contribution is -0.133. The molecular formula is C13H23NO2S. The molecule has 3 nitrogen and oxygen atoms in total. The average Bonchev–Trinajstić information content (AvgIpc) is 2.90. The van der Waals surface area contributed by atoms with Crippen molar-refractivity contribution in [2.75, 3.05) is 18.9 Å². The normalized spacial score (nSPS) is 26.1. The number of rotatable bonds is 4. The van der Waals surface area contributed by atoms with Crippen molar-refractivity contribution in [2.24, 2.45) is 0 Å². The van der Waals surface area contributed by atoms with Gasteiger partial charge in [-0.05, 0) is 31.4 Å². The summed E-state index contributed by atoms with van der Waals surface area (Å²) in [6.45, 7) is 0.625. The zero-order valence-electron chi connectivity index (χ0n) is 10.4. The second-order valence-corrected chi connectivity index (χ2v) is 6.36. The van der Waals surface area contributed by atoms with E-state index in [1.165, 1.54) is 25.7 Å². The van der Waals surface area contributed by atoms with Crippen LogP contribution in [0.5, 0.6) is 0 Å². The Morgan fingerprint density at radius 3 is 2.47 bits per heavy atom. The lowest BCUT2D eigenvalue weighted by atomic mass is 10.1. The molecule has 1 aliphatic heterocycles. The van der Waals surface area contributed by atoms with E-state index in [1.54, 1.807) is 0 Å². The van der Waals surface area contributed by atoms with Gasteiger partial charge in [-0.25, -0.2) is 0 Å². The molecule has 0 spiro atoms. The number of carbonyl (C=O) groups excluding carboxylic acids is 1. The van der Waals surface area contributed by atoms with Crippen molar-refractivity contribution in [1.82, 2.24) is 4.90 Å². The minimum absolute atomic E-state index is 0.0969. The highest BCUT2D eigenvalue weighted by Gasteiger charge is 2.31. The van der Waals surface area contributed by atoms with Crippen LogP contribution >= 0.6 is 11.8 Å². The van der Waals surface area contributed by atoms with E-state index in [0.717, 1.165) is 25.0 Å². The van der Waals surface area contributed by atoms with Crippen LogP contribution in [-0.2, 0) is 4.79 Å². The van der Waals surface area contributed by atoms with Crippen LogP contribution in [0.2, 0.25) is 0 Å². The predicted molar refractivity (Wildman–Crippen MR) is 71.2 cm³/mol. The Bertz CT molecular complexity index is 248. The lowest BCUT2D eigenvalue weighted by Gasteiger charge is -2.33. The van der Waals surface area contributed by atoms with E-state index in [4.69, 9.17) is 5.11 Å². The van der Waals surface area contributed by atoms with Crippen molar-refractivity contribution in [3.63, 3.8) is 0 Å². The van der Waals surface area contributed by atoms with Crippen molar-refractivity contribution < 1.29 is 9.90 Å². The minimum atomic E-state index is 0.0969. The number of aliphatic hydroxyl groups is 1. The van der Waals surface area contributed by atoms with Gasteiger partial charge in [-0.15, -0.1) is 11.8 Å². The minimum Gasteiger partial charge on any atom is -0.395 e. The Balaban J connectivity index is 1.95. The van der Waals surface area contributed by atoms with E-state index < -0.39 is 0 Å². The summed E-state index contributed by atoms with van der Waals surface area (Å²) >= 11 is 1.81. The molecule has 1 N–H and O–H groups in total. The Hall–Kier alpha value is -0.220. The molecule has 0 radical (unpaired) electrons. The van der Waals surface area contributed by atoms with E-state index in [-0.39, 0.29) is 17.8 Å². The Kier molecular flexibility index (Phi) is 5.16. The highest BCUT2D eigenvalue weighted by molar-refractivity contribution is 8.00. The first-order chi connectivity index (χ1) is 8.33. The van der Waals surface area contributed by atoms with Crippen LogP contribution in [0.1, 0.15) is 44.9 Å². The van der Waals surface area contributed by atoms with Crippen molar-refractivity contribution in [3.8, 4) is 0 Å². The Morgan fingerprint density at radius 1 is 1.18 bits per heavy atom. The summed E-state index contributed by atoms with van der Waals surface area (Å²) in [7, 11) is 0. The van der Waals surface area contributed by atoms with Crippen molar-refractivity contribution in [3.05, 3.63) is 0 Å². The molecule has 0 aromatic rings. The van der Waals surface area contributed by atoms with Crippen LogP contribution in [0.4, 0.5) is 0 Å². The summed E-state index contributed by atoms with van der Waals surface area (Å²) in [4.78, 5) is 14.4. The van der Waals surface area contributed by atoms with Crippen molar-refractivity contribution in [2.45, 2.75) is 56.2 Å². The van der Waals surface area contributed by atoms with Gasteiger partial charge in [0.1, 0.15) is 0 Å². The van der Waals surface area contributed by atoms with Gasteiger partial charge in [-0.1, -0.05) is 19.3 Å². The molecule has 1 aliphatic carbocycles. The quantitative estimate of drug-likeness (QED) is 0.838. The largest absolute Gasteiger partial charge is 0.395 e. The second kappa shape index (κ2) is 6.64. The van der Waals surface area contributed by atoms with Gasteiger partial charge in [0.25, 0.3) is 0 Å². The standard InChI is InChI=1S/C13H23NO2S/c15-9-8-14(11-5-1-2-6-11)13(16)12-7-3-4-10-17-12/h11-12,15H,1-10H2. The van der Waals surface area contributed by atoms with Crippen LogP contribution in [-0.4, -0.2) is 46.1 Å². The topological polar surface area (TPSA) is 40.5 Å². The summed E-state index contributed by atoms with van der Waals surface area (Å²) in [5, 5.41) is 9.31. The highest BCUT2D eigenvalue weighted by Crippen LogP contribution is 2.30.